The molecule has 1 heterocycles. The molecule has 0 fully saturated rings. The molecule has 0 radical (unpaired) electrons. The second-order valence-corrected chi connectivity index (χ2v) is 11.3. The predicted octanol–water partition coefficient (Wildman–Crippen LogP) is 8.14. The first-order valence-electron chi connectivity index (χ1n) is 15.0. The van der Waals surface area contributed by atoms with Gasteiger partial charge in [0.2, 0.25) is 5.75 Å². The van der Waals surface area contributed by atoms with E-state index in [1.807, 2.05) is 54.6 Å². The zero-order valence-corrected chi connectivity index (χ0v) is 27.8. The number of rotatable bonds is 16. The Hall–Kier alpha value is -5.22. The first kappa shape index (κ1) is 33.2. The molecule has 5 rings (SSSR count). The van der Waals surface area contributed by atoms with Gasteiger partial charge in [0.1, 0.15) is 5.01 Å². The van der Waals surface area contributed by atoms with Crippen LogP contribution in [0.15, 0.2) is 78.9 Å². The van der Waals surface area contributed by atoms with Crippen molar-refractivity contribution >= 4 is 33.4 Å². The Kier molecular flexibility index (Phi) is 11.2. The standard InChI is InChI=1S/C37H37NO8S/c1-40-29-16-13-24(12-15-28(39)26-22-33(42-3)36(44-5)34(23-26)43-4)20-32(29)46-19-9-8-18-45-30-17-14-25(21-31(30)41-2)37-38-27-10-6-7-11-35(27)47-37/h6-7,10-17,20-23H,8-9,18-19H2,1-5H3. The molecule has 244 valence electrons. The highest BCUT2D eigenvalue weighted by Crippen LogP contribution is 2.39. The lowest BCUT2D eigenvalue weighted by atomic mass is 10.1. The van der Waals surface area contributed by atoms with Crippen LogP contribution < -0.4 is 33.2 Å². The third-order valence-electron chi connectivity index (χ3n) is 7.32. The molecule has 1 aromatic heterocycles. The maximum Gasteiger partial charge on any atom is 0.203 e. The Balaban J connectivity index is 1.14. The normalized spacial score (nSPS) is 11.0. The van der Waals surface area contributed by atoms with E-state index in [0.29, 0.717) is 59.0 Å². The fraction of sp³-hybridized carbons (Fsp3) is 0.243. The van der Waals surface area contributed by atoms with Crippen LogP contribution in [-0.2, 0) is 0 Å². The second-order valence-electron chi connectivity index (χ2n) is 10.3. The van der Waals surface area contributed by atoms with Crippen LogP contribution in [0.3, 0.4) is 0 Å². The molecule has 10 heteroatoms. The molecular formula is C37H37NO8S. The maximum absolute atomic E-state index is 13.0. The number of para-hydroxylation sites is 1. The number of unbranched alkanes of at least 4 members (excludes halogenated alkanes) is 1. The molecule has 0 aliphatic carbocycles. The van der Waals surface area contributed by atoms with E-state index < -0.39 is 0 Å². The number of thiazole rings is 1. The quantitative estimate of drug-likeness (QED) is 0.0593. The Bertz CT molecular complexity index is 1810. The first-order valence-corrected chi connectivity index (χ1v) is 15.8. The zero-order valence-electron chi connectivity index (χ0n) is 27.0. The van der Waals surface area contributed by atoms with Gasteiger partial charge in [0.15, 0.2) is 40.3 Å². The summed E-state index contributed by atoms with van der Waals surface area (Å²) in [4.78, 5) is 17.7. The van der Waals surface area contributed by atoms with E-state index in [9.17, 15) is 4.79 Å². The Morgan fingerprint density at radius 3 is 2.00 bits per heavy atom. The molecular weight excluding hydrogens is 618 g/mol. The summed E-state index contributed by atoms with van der Waals surface area (Å²) < 4.78 is 40.4. The Morgan fingerprint density at radius 2 is 1.34 bits per heavy atom. The zero-order chi connectivity index (χ0) is 33.2. The van der Waals surface area contributed by atoms with Gasteiger partial charge in [-0.25, -0.2) is 4.98 Å². The Labute approximate surface area is 278 Å². The van der Waals surface area contributed by atoms with Crippen molar-refractivity contribution in [2.75, 3.05) is 48.8 Å². The minimum atomic E-state index is -0.217. The van der Waals surface area contributed by atoms with Gasteiger partial charge in [-0.2, -0.15) is 0 Å². The van der Waals surface area contributed by atoms with E-state index in [2.05, 4.69) is 6.07 Å². The van der Waals surface area contributed by atoms with Crippen LogP contribution in [-0.4, -0.2) is 59.5 Å². The van der Waals surface area contributed by atoms with Gasteiger partial charge in [-0.05, 0) is 79.1 Å². The van der Waals surface area contributed by atoms with E-state index >= 15 is 0 Å². The number of aromatic nitrogens is 1. The molecule has 0 bridgehead atoms. The van der Waals surface area contributed by atoms with Gasteiger partial charge in [-0.1, -0.05) is 24.3 Å². The number of ether oxygens (including phenoxy) is 7. The number of nitrogens with zero attached hydrogens (tertiary/aromatic N) is 1. The summed E-state index contributed by atoms with van der Waals surface area (Å²) in [5.41, 5.74) is 3.16. The summed E-state index contributed by atoms with van der Waals surface area (Å²) in [5.74, 6) is 3.56. The largest absolute Gasteiger partial charge is 0.493 e. The summed E-state index contributed by atoms with van der Waals surface area (Å²) in [5, 5.41) is 0.938. The second kappa shape index (κ2) is 15.9. The van der Waals surface area contributed by atoms with Gasteiger partial charge in [-0.3, -0.25) is 4.79 Å². The van der Waals surface area contributed by atoms with Crippen molar-refractivity contribution in [2.24, 2.45) is 0 Å². The van der Waals surface area contributed by atoms with E-state index in [-0.39, 0.29) is 5.78 Å². The highest BCUT2D eigenvalue weighted by molar-refractivity contribution is 7.21. The fourth-order valence-electron chi connectivity index (χ4n) is 4.89. The number of methoxy groups -OCH3 is 5. The van der Waals surface area contributed by atoms with Gasteiger partial charge < -0.3 is 33.2 Å². The topological polar surface area (TPSA) is 94.6 Å². The number of benzene rings is 4. The van der Waals surface area contributed by atoms with Crippen molar-refractivity contribution in [2.45, 2.75) is 12.8 Å². The highest BCUT2D eigenvalue weighted by atomic mass is 32.1. The number of hydrogen-bond acceptors (Lipinski definition) is 10. The van der Waals surface area contributed by atoms with Crippen LogP contribution in [0.1, 0.15) is 28.8 Å². The van der Waals surface area contributed by atoms with Crippen LogP contribution >= 0.6 is 11.3 Å². The van der Waals surface area contributed by atoms with E-state index in [1.54, 1.807) is 43.8 Å². The first-order chi connectivity index (χ1) is 23.0. The maximum atomic E-state index is 13.0. The summed E-state index contributed by atoms with van der Waals surface area (Å²) in [6.45, 7) is 0.966. The van der Waals surface area contributed by atoms with Gasteiger partial charge in [0, 0.05) is 11.1 Å². The molecule has 0 saturated heterocycles. The van der Waals surface area contributed by atoms with Gasteiger partial charge in [0.05, 0.1) is 59.0 Å². The van der Waals surface area contributed by atoms with Crippen molar-refractivity contribution in [3.63, 3.8) is 0 Å². The Morgan fingerprint density at radius 1 is 0.681 bits per heavy atom. The van der Waals surface area contributed by atoms with Crippen LogP contribution in [0.25, 0.3) is 26.9 Å². The molecule has 0 aliphatic rings. The van der Waals surface area contributed by atoms with Crippen LogP contribution in [0.4, 0.5) is 0 Å². The van der Waals surface area contributed by atoms with Crippen LogP contribution in [0, 0.1) is 0 Å². The summed E-state index contributed by atoms with van der Waals surface area (Å²) >= 11 is 1.65. The molecule has 9 nitrogen and oxygen atoms in total. The number of hydrogen-bond donors (Lipinski definition) is 0. The fourth-order valence-corrected chi connectivity index (χ4v) is 5.85. The highest BCUT2D eigenvalue weighted by Gasteiger charge is 2.16. The third-order valence-corrected chi connectivity index (χ3v) is 8.41. The molecule has 0 aliphatic heterocycles. The molecule has 0 spiro atoms. The van der Waals surface area contributed by atoms with Crippen molar-refractivity contribution in [3.05, 3.63) is 90.0 Å². The molecule has 5 aromatic rings. The number of fused-ring (bicyclic) bond motifs is 1. The molecule has 0 unspecified atom stereocenters. The number of allylic oxidation sites excluding steroid dienone is 1. The molecule has 0 atom stereocenters. The molecule has 4 aromatic carbocycles. The predicted molar refractivity (Wildman–Crippen MR) is 184 cm³/mol. The minimum absolute atomic E-state index is 0.217. The lowest BCUT2D eigenvalue weighted by molar-refractivity contribution is 0.104. The molecule has 0 amide bonds. The smallest absolute Gasteiger partial charge is 0.203 e. The lowest BCUT2D eigenvalue weighted by Crippen LogP contribution is -2.04. The van der Waals surface area contributed by atoms with Crippen molar-refractivity contribution in [1.82, 2.24) is 4.98 Å². The van der Waals surface area contributed by atoms with E-state index in [1.165, 1.54) is 27.4 Å². The SMILES string of the molecule is COc1cc(-c2nc3ccccc3s2)ccc1OCCCCOc1cc(C=CC(=O)c2cc(OC)c(OC)c(OC)c2)ccc1OC. The van der Waals surface area contributed by atoms with Gasteiger partial charge in [0.25, 0.3) is 0 Å². The number of carbonyl (C=O) groups is 1. The monoisotopic (exact) mass is 655 g/mol. The van der Waals surface area contributed by atoms with Crippen molar-refractivity contribution in [3.8, 4) is 50.8 Å². The van der Waals surface area contributed by atoms with Crippen molar-refractivity contribution < 1.29 is 38.0 Å². The number of carbonyl (C=O) groups excluding carboxylic acids is 1. The van der Waals surface area contributed by atoms with E-state index in [4.69, 9.17) is 38.1 Å². The summed E-state index contributed by atoms with van der Waals surface area (Å²) in [7, 11) is 7.76. The average Bonchev–Trinajstić information content (AvgIpc) is 3.56. The third kappa shape index (κ3) is 7.96. The van der Waals surface area contributed by atoms with E-state index in [0.717, 1.165) is 39.2 Å². The van der Waals surface area contributed by atoms with Crippen LogP contribution in [0.5, 0.6) is 40.2 Å². The summed E-state index contributed by atoms with van der Waals surface area (Å²) in [6.07, 6.45) is 4.74. The summed E-state index contributed by atoms with van der Waals surface area (Å²) in [6, 6.07) is 22.7. The minimum Gasteiger partial charge on any atom is -0.493 e. The van der Waals surface area contributed by atoms with Gasteiger partial charge >= 0.3 is 0 Å². The lowest BCUT2D eigenvalue weighted by Gasteiger charge is -2.13. The molecule has 0 saturated carbocycles. The number of ketones is 1. The average molecular weight is 656 g/mol. The molecule has 0 N–H and O–H groups in total. The van der Waals surface area contributed by atoms with Crippen molar-refractivity contribution in [1.29, 1.82) is 0 Å². The van der Waals surface area contributed by atoms with Crippen LogP contribution in [0.2, 0.25) is 0 Å². The van der Waals surface area contributed by atoms with Gasteiger partial charge in [-0.15, -0.1) is 11.3 Å². The molecule has 47 heavy (non-hydrogen) atoms.